The fraction of sp³-hybridized carbons (Fsp3) is 0.625. The molecule has 0 unspecified atom stereocenters. The van der Waals surface area contributed by atoms with Crippen molar-refractivity contribution in [3.05, 3.63) is 29.1 Å². The molecule has 1 aliphatic carbocycles. The monoisotopic (exact) mass is 278 g/mol. The van der Waals surface area contributed by atoms with Crippen molar-refractivity contribution in [2.24, 2.45) is 5.92 Å². The Hall–Kier alpha value is -1.13. The lowest BCUT2D eigenvalue weighted by Crippen LogP contribution is -2.48. The molecule has 1 heterocycles. The number of hydrogen-bond donors (Lipinski definition) is 2. The third-order valence-corrected chi connectivity index (χ3v) is 4.82. The lowest BCUT2D eigenvalue weighted by Gasteiger charge is -2.44. The molecule has 1 aromatic carbocycles. The van der Waals surface area contributed by atoms with E-state index >= 15 is 0 Å². The molecule has 4 heteroatoms. The van der Waals surface area contributed by atoms with Crippen LogP contribution in [0.1, 0.15) is 36.4 Å². The van der Waals surface area contributed by atoms with Crippen LogP contribution in [0.15, 0.2) is 12.1 Å². The molecule has 0 amide bonds. The van der Waals surface area contributed by atoms with Gasteiger partial charge >= 0.3 is 0 Å². The summed E-state index contributed by atoms with van der Waals surface area (Å²) in [5.74, 6) is -0.0787. The predicted octanol–water partition coefficient (Wildman–Crippen LogP) is 2.59. The normalized spacial score (nSPS) is 22.5. The number of phenolic OH excluding ortho intramolecular Hbond substituents is 1. The molecular formula is C16H23FN2O. The van der Waals surface area contributed by atoms with E-state index in [1.807, 2.05) is 6.92 Å². The van der Waals surface area contributed by atoms with Crippen molar-refractivity contribution < 1.29 is 9.50 Å². The minimum atomic E-state index is -0.495. The van der Waals surface area contributed by atoms with E-state index in [1.54, 1.807) is 6.07 Å². The molecule has 20 heavy (non-hydrogen) atoms. The Morgan fingerprint density at radius 1 is 1.30 bits per heavy atom. The van der Waals surface area contributed by atoms with Gasteiger partial charge in [0.2, 0.25) is 0 Å². The molecular weight excluding hydrogens is 255 g/mol. The summed E-state index contributed by atoms with van der Waals surface area (Å²) in [6.45, 7) is 5.85. The van der Waals surface area contributed by atoms with Crippen molar-refractivity contribution in [2.45, 2.75) is 32.2 Å². The van der Waals surface area contributed by atoms with Crippen LogP contribution in [0.3, 0.4) is 0 Å². The third-order valence-electron chi connectivity index (χ3n) is 4.82. The molecule has 2 aliphatic rings. The number of phenols is 1. The molecule has 3 nitrogen and oxygen atoms in total. The van der Waals surface area contributed by atoms with Gasteiger partial charge < -0.3 is 10.4 Å². The zero-order chi connectivity index (χ0) is 14.1. The standard InChI is InChI=1S/C16H23FN2O/c1-11-5-6-13(17)16(20)14(11)15(12-3-2-4-12)19-9-7-18-8-10-19/h5-6,12,15,18,20H,2-4,7-10H2,1H3/t15-/m0/s1. The molecule has 1 saturated heterocycles. The van der Waals surface area contributed by atoms with E-state index in [9.17, 15) is 9.50 Å². The molecule has 3 rings (SSSR count). The van der Waals surface area contributed by atoms with Crippen LogP contribution in [0.2, 0.25) is 0 Å². The van der Waals surface area contributed by atoms with E-state index in [1.165, 1.54) is 25.3 Å². The number of hydrogen-bond acceptors (Lipinski definition) is 3. The fourth-order valence-electron chi connectivity index (χ4n) is 3.49. The highest BCUT2D eigenvalue weighted by Gasteiger charge is 2.36. The Labute approximate surface area is 119 Å². The van der Waals surface area contributed by atoms with Crippen LogP contribution in [-0.2, 0) is 0 Å². The molecule has 1 saturated carbocycles. The van der Waals surface area contributed by atoms with Gasteiger partial charge in [-0.15, -0.1) is 0 Å². The Morgan fingerprint density at radius 2 is 2.00 bits per heavy atom. The van der Waals surface area contributed by atoms with Gasteiger partial charge in [0.25, 0.3) is 0 Å². The quantitative estimate of drug-likeness (QED) is 0.892. The minimum Gasteiger partial charge on any atom is -0.505 e. The number of aromatic hydroxyl groups is 1. The number of halogens is 1. The SMILES string of the molecule is Cc1ccc(F)c(O)c1[C@H](C1CCC1)N1CCNCC1. The van der Waals surface area contributed by atoms with Gasteiger partial charge in [-0.05, 0) is 37.3 Å². The second-order valence-electron chi connectivity index (χ2n) is 6.05. The maximum absolute atomic E-state index is 13.8. The van der Waals surface area contributed by atoms with E-state index in [0.717, 1.165) is 37.3 Å². The molecule has 1 aliphatic heterocycles. The summed E-state index contributed by atoms with van der Waals surface area (Å²) in [6.07, 6.45) is 3.62. The fourth-order valence-corrected chi connectivity index (χ4v) is 3.49. The summed E-state index contributed by atoms with van der Waals surface area (Å²) in [7, 11) is 0. The number of nitrogens with zero attached hydrogens (tertiary/aromatic N) is 1. The average molecular weight is 278 g/mol. The molecule has 2 fully saturated rings. The zero-order valence-electron chi connectivity index (χ0n) is 12.0. The van der Waals surface area contributed by atoms with Gasteiger partial charge in [-0.3, -0.25) is 4.90 Å². The van der Waals surface area contributed by atoms with E-state index in [-0.39, 0.29) is 11.8 Å². The number of benzene rings is 1. The Kier molecular flexibility index (Phi) is 3.94. The summed E-state index contributed by atoms with van der Waals surface area (Å²) in [4.78, 5) is 2.42. The number of aryl methyl sites for hydroxylation is 1. The van der Waals surface area contributed by atoms with Crippen molar-refractivity contribution in [2.75, 3.05) is 26.2 Å². The number of piperazine rings is 1. The summed E-state index contributed by atoms with van der Waals surface area (Å²) >= 11 is 0. The molecule has 2 N–H and O–H groups in total. The topological polar surface area (TPSA) is 35.5 Å². The van der Waals surface area contributed by atoms with Gasteiger partial charge in [-0.25, -0.2) is 4.39 Å². The molecule has 0 radical (unpaired) electrons. The third kappa shape index (κ3) is 2.42. The number of nitrogens with one attached hydrogen (secondary N) is 1. The first-order chi connectivity index (χ1) is 9.68. The van der Waals surface area contributed by atoms with Gasteiger partial charge in [0, 0.05) is 37.8 Å². The smallest absolute Gasteiger partial charge is 0.165 e. The second-order valence-corrected chi connectivity index (χ2v) is 6.05. The van der Waals surface area contributed by atoms with Crippen molar-refractivity contribution >= 4 is 0 Å². The van der Waals surface area contributed by atoms with Gasteiger partial charge in [-0.1, -0.05) is 12.5 Å². The van der Waals surface area contributed by atoms with E-state index in [2.05, 4.69) is 10.2 Å². The first kappa shape index (κ1) is 13.8. The maximum atomic E-state index is 13.8. The van der Waals surface area contributed by atoms with E-state index < -0.39 is 5.82 Å². The highest BCUT2D eigenvalue weighted by molar-refractivity contribution is 5.42. The van der Waals surface area contributed by atoms with Crippen molar-refractivity contribution in [3.8, 4) is 5.75 Å². The van der Waals surface area contributed by atoms with Gasteiger partial charge in [0.15, 0.2) is 11.6 Å². The van der Waals surface area contributed by atoms with Crippen LogP contribution in [0.5, 0.6) is 5.75 Å². The molecule has 0 spiro atoms. The molecule has 0 bridgehead atoms. The molecule has 110 valence electrons. The van der Waals surface area contributed by atoms with Crippen LogP contribution in [0.25, 0.3) is 0 Å². The minimum absolute atomic E-state index is 0.138. The van der Waals surface area contributed by atoms with Crippen LogP contribution >= 0.6 is 0 Å². The van der Waals surface area contributed by atoms with Crippen LogP contribution in [-0.4, -0.2) is 36.2 Å². The van der Waals surface area contributed by atoms with Crippen LogP contribution in [0.4, 0.5) is 4.39 Å². The Balaban J connectivity index is 1.98. The molecule has 1 aromatic rings. The predicted molar refractivity (Wildman–Crippen MR) is 77.3 cm³/mol. The summed E-state index contributed by atoms with van der Waals surface area (Å²) in [6, 6.07) is 3.32. The second kappa shape index (κ2) is 5.70. The van der Waals surface area contributed by atoms with Crippen LogP contribution < -0.4 is 5.32 Å². The van der Waals surface area contributed by atoms with Gasteiger partial charge in [0.05, 0.1) is 0 Å². The lowest BCUT2D eigenvalue weighted by molar-refractivity contribution is 0.0811. The van der Waals surface area contributed by atoms with Crippen molar-refractivity contribution in [1.82, 2.24) is 10.2 Å². The first-order valence-electron chi connectivity index (χ1n) is 7.61. The maximum Gasteiger partial charge on any atom is 0.165 e. The lowest BCUT2D eigenvalue weighted by atomic mass is 9.75. The van der Waals surface area contributed by atoms with E-state index in [4.69, 9.17) is 0 Å². The zero-order valence-corrected chi connectivity index (χ0v) is 12.0. The van der Waals surface area contributed by atoms with E-state index in [0.29, 0.717) is 5.92 Å². The van der Waals surface area contributed by atoms with Gasteiger partial charge in [0.1, 0.15) is 0 Å². The summed E-state index contributed by atoms with van der Waals surface area (Å²) in [5, 5.41) is 13.6. The highest BCUT2D eigenvalue weighted by atomic mass is 19.1. The van der Waals surface area contributed by atoms with Gasteiger partial charge in [-0.2, -0.15) is 0 Å². The summed E-state index contributed by atoms with van der Waals surface area (Å²) in [5.41, 5.74) is 1.82. The van der Waals surface area contributed by atoms with Crippen molar-refractivity contribution in [3.63, 3.8) is 0 Å². The highest BCUT2D eigenvalue weighted by Crippen LogP contribution is 2.45. The van der Waals surface area contributed by atoms with Crippen molar-refractivity contribution in [1.29, 1.82) is 0 Å². The molecule has 1 atom stereocenters. The Bertz CT molecular complexity index is 482. The molecule has 0 aromatic heterocycles. The average Bonchev–Trinajstić information content (AvgIpc) is 2.41. The van der Waals surface area contributed by atoms with Crippen LogP contribution in [0, 0.1) is 18.7 Å². The largest absolute Gasteiger partial charge is 0.505 e. The Morgan fingerprint density at radius 3 is 2.60 bits per heavy atom. The summed E-state index contributed by atoms with van der Waals surface area (Å²) < 4.78 is 13.8. The first-order valence-corrected chi connectivity index (χ1v) is 7.61. The number of rotatable bonds is 3.